The van der Waals surface area contributed by atoms with E-state index < -0.39 is 0 Å². The van der Waals surface area contributed by atoms with Gasteiger partial charge in [0.25, 0.3) is 0 Å². The van der Waals surface area contributed by atoms with Crippen molar-refractivity contribution in [3.63, 3.8) is 0 Å². The number of nitrogens with one attached hydrogen (secondary N) is 1. The Labute approximate surface area is 207 Å². The molecule has 1 unspecified atom stereocenters. The van der Waals surface area contributed by atoms with Crippen molar-refractivity contribution in [1.82, 2.24) is 9.80 Å². The number of hydrogen-bond acceptors (Lipinski definition) is 4. The Morgan fingerprint density at radius 2 is 1.89 bits per heavy atom. The van der Waals surface area contributed by atoms with Crippen molar-refractivity contribution in [3.05, 3.63) is 89.5 Å². The standard InChI is InChI=1S/C29H35N3O3/c1-21-8-12-24(13-9-21)29(35)30-25-14-10-22(11-15-25)18-28(34)31(2)27(23-6-4-3-5-7-23)20-32-17-16-26(33)19-32/h3-12,14-15,24,26-27,33H,13,16-20H2,1-2H3,(H,30,35)/t24?,26-,27+/m0/s1. The van der Waals surface area contributed by atoms with Crippen LogP contribution in [0.2, 0.25) is 0 Å². The number of likely N-dealkylation sites (N-methyl/N-ethyl adjacent to an activating group) is 1. The van der Waals surface area contributed by atoms with Gasteiger partial charge in [-0.15, -0.1) is 0 Å². The van der Waals surface area contributed by atoms with E-state index in [-0.39, 0.29) is 36.3 Å². The van der Waals surface area contributed by atoms with Crippen molar-refractivity contribution in [2.45, 2.75) is 38.3 Å². The molecule has 35 heavy (non-hydrogen) atoms. The van der Waals surface area contributed by atoms with Crippen molar-refractivity contribution in [2.75, 3.05) is 32.0 Å². The molecule has 2 aromatic carbocycles. The lowest BCUT2D eigenvalue weighted by Gasteiger charge is -2.32. The summed E-state index contributed by atoms with van der Waals surface area (Å²) in [5.41, 5.74) is 3.90. The van der Waals surface area contributed by atoms with Gasteiger partial charge in [-0.3, -0.25) is 14.5 Å². The molecule has 2 amide bonds. The van der Waals surface area contributed by atoms with Crippen LogP contribution in [0.25, 0.3) is 0 Å². The number of anilines is 1. The fourth-order valence-electron chi connectivity index (χ4n) is 4.69. The number of carbonyl (C=O) groups excluding carboxylic acids is 2. The van der Waals surface area contributed by atoms with Gasteiger partial charge in [0, 0.05) is 32.4 Å². The first-order valence-electron chi connectivity index (χ1n) is 12.3. The fraction of sp³-hybridized carbons (Fsp3) is 0.379. The number of likely N-dealkylation sites (tertiary alicyclic amines) is 1. The van der Waals surface area contributed by atoms with Crippen LogP contribution in [0.4, 0.5) is 5.69 Å². The third kappa shape index (κ3) is 6.68. The molecule has 1 aliphatic carbocycles. The summed E-state index contributed by atoms with van der Waals surface area (Å²) < 4.78 is 0. The smallest absolute Gasteiger partial charge is 0.231 e. The van der Waals surface area contributed by atoms with Gasteiger partial charge >= 0.3 is 0 Å². The van der Waals surface area contributed by atoms with E-state index in [1.54, 1.807) is 0 Å². The summed E-state index contributed by atoms with van der Waals surface area (Å²) in [5.74, 6) is -0.142. The highest BCUT2D eigenvalue weighted by Crippen LogP contribution is 2.24. The average molecular weight is 474 g/mol. The summed E-state index contributed by atoms with van der Waals surface area (Å²) in [7, 11) is 1.86. The molecule has 184 valence electrons. The Bertz CT molecular complexity index is 1080. The Morgan fingerprint density at radius 1 is 1.14 bits per heavy atom. The molecule has 1 heterocycles. The predicted molar refractivity (Wildman–Crippen MR) is 139 cm³/mol. The number of hydrogen-bond donors (Lipinski definition) is 2. The molecule has 3 atom stereocenters. The van der Waals surface area contributed by atoms with E-state index in [1.165, 1.54) is 5.57 Å². The number of β-amino-alcohol motifs (C(OH)–C–C–N with tert-alkyl or cyclic N) is 1. The molecule has 2 aromatic rings. The number of nitrogens with zero attached hydrogens (tertiary/aromatic N) is 2. The van der Waals surface area contributed by atoms with Crippen LogP contribution in [0.1, 0.15) is 36.9 Å². The van der Waals surface area contributed by atoms with Gasteiger partial charge in [0.05, 0.1) is 24.5 Å². The third-order valence-electron chi connectivity index (χ3n) is 6.92. The van der Waals surface area contributed by atoms with Crippen LogP contribution in [-0.4, -0.2) is 59.5 Å². The zero-order chi connectivity index (χ0) is 24.8. The lowest BCUT2D eigenvalue weighted by atomic mass is 9.96. The zero-order valence-electron chi connectivity index (χ0n) is 20.6. The highest BCUT2D eigenvalue weighted by Gasteiger charge is 2.28. The first-order chi connectivity index (χ1) is 16.9. The van der Waals surface area contributed by atoms with Crippen LogP contribution in [0.5, 0.6) is 0 Å². The van der Waals surface area contributed by atoms with Crippen LogP contribution in [0, 0.1) is 5.92 Å². The fourth-order valence-corrected chi connectivity index (χ4v) is 4.69. The molecule has 1 saturated heterocycles. The monoisotopic (exact) mass is 473 g/mol. The van der Waals surface area contributed by atoms with Crippen LogP contribution in [0.15, 0.2) is 78.4 Å². The number of allylic oxidation sites excluding steroid dienone is 3. The topological polar surface area (TPSA) is 72.9 Å². The molecule has 4 rings (SSSR count). The molecule has 2 N–H and O–H groups in total. The molecule has 0 radical (unpaired) electrons. The summed E-state index contributed by atoms with van der Waals surface area (Å²) in [4.78, 5) is 29.8. The molecular formula is C29H35N3O3. The predicted octanol–water partition coefficient (Wildman–Crippen LogP) is 3.96. The number of amides is 2. The van der Waals surface area contributed by atoms with Crippen LogP contribution < -0.4 is 5.32 Å². The van der Waals surface area contributed by atoms with E-state index >= 15 is 0 Å². The Hall–Kier alpha value is -3.22. The second-order valence-corrected chi connectivity index (χ2v) is 9.65. The van der Waals surface area contributed by atoms with Gasteiger partial charge in [-0.2, -0.15) is 0 Å². The molecule has 2 aliphatic rings. The van der Waals surface area contributed by atoms with Gasteiger partial charge in [-0.05, 0) is 43.0 Å². The summed E-state index contributed by atoms with van der Waals surface area (Å²) in [6.45, 7) is 4.21. The molecule has 0 aromatic heterocycles. The van der Waals surface area contributed by atoms with E-state index in [4.69, 9.17) is 0 Å². The minimum absolute atomic E-state index is 0.0220. The summed E-state index contributed by atoms with van der Waals surface area (Å²) >= 11 is 0. The van der Waals surface area contributed by atoms with Crippen molar-refractivity contribution in [2.24, 2.45) is 5.92 Å². The first kappa shape index (κ1) is 24.9. The second-order valence-electron chi connectivity index (χ2n) is 9.65. The minimum Gasteiger partial charge on any atom is -0.392 e. The highest BCUT2D eigenvalue weighted by molar-refractivity contribution is 5.94. The summed E-state index contributed by atoms with van der Waals surface area (Å²) in [6, 6.07) is 17.5. The van der Waals surface area contributed by atoms with Gasteiger partial charge in [0.15, 0.2) is 0 Å². The maximum Gasteiger partial charge on any atom is 0.231 e. The van der Waals surface area contributed by atoms with E-state index in [2.05, 4.69) is 28.4 Å². The lowest BCUT2D eigenvalue weighted by Crippen LogP contribution is -2.39. The first-order valence-corrected chi connectivity index (χ1v) is 12.3. The molecule has 6 heteroatoms. The third-order valence-corrected chi connectivity index (χ3v) is 6.92. The van der Waals surface area contributed by atoms with Crippen molar-refractivity contribution in [1.29, 1.82) is 0 Å². The van der Waals surface area contributed by atoms with E-state index in [0.29, 0.717) is 19.5 Å². The summed E-state index contributed by atoms with van der Waals surface area (Å²) in [5, 5.41) is 12.9. The van der Waals surface area contributed by atoms with Crippen LogP contribution in [0.3, 0.4) is 0 Å². The quantitative estimate of drug-likeness (QED) is 0.609. The number of aliphatic hydroxyl groups is 1. The van der Waals surface area contributed by atoms with Gasteiger partial charge in [-0.25, -0.2) is 0 Å². The number of carbonyl (C=O) groups is 2. The van der Waals surface area contributed by atoms with Crippen molar-refractivity contribution in [3.8, 4) is 0 Å². The van der Waals surface area contributed by atoms with Crippen LogP contribution >= 0.6 is 0 Å². The van der Waals surface area contributed by atoms with Crippen molar-refractivity contribution < 1.29 is 14.7 Å². The molecule has 0 bridgehead atoms. The van der Waals surface area contributed by atoms with Gasteiger partial charge in [-0.1, -0.05) is 66.3 Å². The number of rotatable bonds is 8. The summed E-state index contributed by atoms with van der Waals surface area (Å²) in [6.07, 6.45) is 7.48. The van der Waals surface area contributed by atoms with E-state index in [9.17, 15) is 14.7 Å². The van der Waals surface area contributed by atoms with Crippen molar-refractivity contribution >= 4 is 17.5 Å². The normalized spacial score (nSPS) is 20.8. The van der Waals surface area contributed by atoms with Gasteiger partial charge in [0.2, 0.25) is 11.8 Å². The molecule has 6 nitrogen and oxygen atoms in total. The maximum atomic E-state index is 13.2. The largest absolute Gasteiger partial charge is 0.392 e. The molecule has 1 fully saturated rings. The molecule has 1 aliphatic heterocycles. The second kappa shape index (κ2) is 11.5. The van der Waals surface area contributed by atoms with Crippen LogP contribution in [-0.2, 0) is 16.0 Å². The highest BCUT2D eigenvalue weighted by atomic mass is 16.3. The Balaban J connectivity index is 1.37. The minimum atomic E-state index is -0.291. The SMILES string of the molecule is CC1=CCC(C(=O)Nc2ccc(CC(=O)N(C)[C@H](CN3CC[C@H](O)C3)c3ccccc3)cc2)C=C1. The molecule has 0 spiro atoms. The Kier molecular flexibility index (Phi) is 8.16. The van der Waals surface area contributed by atoms with Gasteiger partial charge < -0.3 is 15.3 Å². The maximum absolute atomic E-state index is 13.2. The van der Waals surface area contributed by atoms with E-state index in [1.807, 2.05) is 73.5 Å². The molecule has 0 saturated carbocycles. The number of benzene rings is 2. The Morgan fingerprint density at radius 3 is 2.51 bits per heavy atom. The average Bonchev–Trinajstić information content (AvgIpc) is 3.28. The van der Waals surface area contributed by atoms with Gasteiger partial charge in [0.1, 0.15) is 0 Å². The number of aliphatic hydroxyl groups excluding tert-OH is 1. The molecular weight excluding hydrogens is 438 g/mol. The zero-order valence-corrected chi connectivity index (χ0v) is 20.6. The van der Waals surface area contributed by atoms with E-state index in [0.717, 1.165) is 29.8 Å². The lowest BCUT2D eigenvalue weighted by molar-refractivity contribution is -0.131.